The van der Waals surface area contributed by atoms with E-state index in [0.717, 1.165) is 99.5 Å². The van der Waals surface area contributed by atoms with Crippen LogP contribution in [0.3, 0.4) is 0 Å². The lowest BCUT2D eigenvalue weighted by Gasteiger charge is -2.28. The van der Waals surface area contributed by atoms with E-state index in [1.165, 1.54) is 66.8 Å². The van der Waals surface area contributed by atoms with Gasteiger partial charge in [0, 0.05) is 55.1 Å². The Kier molecular flexibility index (Phi) is 10.4. The van der Waals surface area contributed by atoms with Crippen LogP contribution in [0.4, 0.5) is 34.1 Å². The van der Waals surface area contributed by atoms with Crippen molar-refractivity contribution in [3.8, 4) is 44.5 Å². The lowest BCUT2D eigenvalue weighted by Crippen LogP contribution is -2.15. The van der Waals surface area contributed by atoms with Crippen LogP contribution in [0.15, 0.2) is 276 Å². The summed E-state index contributed by atoms with van der Waals surface area (Å²) in [5.74, 6) is 0. The maximum absolute atomic E-state index is 6.87. The summed E-state index contributed by atoms with van der Waals surface area (Å²) in [5, 5.41) is 9.00. The molecule has 4 nitrogen and oxygen atoms in total. The summed E-state index contributed by atoms with van der Waals surface area (Å²) in [6.07, 6.45) is 0. The highest BCUT2D eigenvalue weighted by Crippen LogP contribution is 2.56. The minimum atomic E-state index is -0.218. The van der Waals surface area contributed by atoms with Crippen LogP contribution in [0.25, 0.3) is 110 Å². The van der Waals surface area contributed by atoms with Crippen molar-refractivity contribution in [2.75, 3.05) is 9.80 Å². The molecule has 0 atom stereocenters. The Bertz CT molecular complexity index is 4890. The molecular formula is C80H56N2O2. The van der Waals surface area contributed by atoms with Crippen LogP contribution in [0.5, 0.6) is 0 Å². The smallest absolute Gasteiger partial charge is 0.159 e. The fourth-order valence-corrected chi connectivity index (χ4v) is 14.6. The Hall–Kier alpha value is -10.4. The highest BCUT2D eigenvalue weighted by molar-refractivity contribution is 6.23. The van der Waals surface area contributed by atoms with Crippen molar-refractivity contribution in [2.45, 2.75) is 38.5 Å². The van der Waals surface area contributed by atoms with Crippen molar-refractivity contribution in [3.63, 3.8) is 0 Å². The first-order valence-corrected chi connectivity index (χ1v) is 29.2. The number of nitrogens with zero attached hydrogens (tertiary/aromatic N) is 2. The highest BCUT2D eigenvalue weighted by atomic mass is 16.3. The zero-order valence-corrected chi connectivity index (χ0v) is 47.1. The first kappa shape index (κ1) is 48.3. The van der Waals surface area contributed by atoms with E-state index in [0.29, 0.717) is 0 Å². The lowest BCUT2D eigenvalue weighted by molar-refractivity contribution is 0.660. The molecule has 0 N–H and O–H groups in total. The van der Waals surface area contributed by atoms with E-state index in [2.05, 4.69) is 304 Å². The van der Waals surface area contributed by atoms with Crippen molar-refractivity contribution in [1.29, 1.82) is 0 Å². The SMILES string of the molecule is CC1(C)c2ccccc2-c2ccc(-c3c4ccc(N(c5ccccc5)c5cccc6c5oc5ccccc56)cc4c(-c4ccc5c(c4)C(C)(C)c4ccccc4-5)c4ccc(N(c5ccccc5)c5cccc6c5oc5ccccc56)cc34)cc21. The molecule has 0 saturated heterocycles. The summed E-state index contributed by atoms with van der Waals surface area (Å²) in [5.41, 5.74) is 24.3. The van der Waals surface area contributed by atoms with Gasteiger partial charge in [0.25, 0.3) is 0 Å². The molecule has 398 valence electrons. The van der Waals surface area contributed by atoms with E-state index in [-0.39, 0.29) is 10.8 Å². The van der Waals surface area contributed by atoms with Gasteiger partial charge in [-0.15, -0.1) is 0 Å². The van der Waals surface area contributed by atoms with Gasteiger partial charge < -0.3 is 18.6 Å². The van der Waals surface area contributed by atoms with Gasteiger partial charge in [-0.05, 0) is 173 Å². The van der Waals surface area contributed by atoms with Crippen molar-refractivity contribution in [1.82, 2.24) is 0 Å². The van der Waals surface area contributed by atoms with Crippen LogP contribution in [0, 0.1) is 0 Å². The molecule has 4 heteroatoms. The molecule has 0 fully saturated rings. The molecule has 2 heterocycles. The van der Waals surface area contributed by atoms with Crippen molar-refractivity contribution < 1.29 is 8.83 Å². The van der Waals surface area contributed by atoms with Gasteiger partial charge in [0.1, 0.15) is 11.2 Å². The fraction of sp³-hybridized carbons (Fsp3) is 0.0750. The van der Waals surface area contributed by atoms with Gasteiger partial charge >= 0.3 is 0 Å². The monoisotopic (exact) mass is 1080 g/mol. The minimum Gasteiger partial charge on any atom is -0.454 e. The Morgan fingerprint density at radius 3 is 1.10 bits per heavy atom. The molecule has 0 amide bonds. The van der Waals surface area contributed by atoms with E-state index in [1.807, 2.05) is 0 Å². The molecule has 15 aromatic rings. The number of para-hydroxylation sites is 6. The second-order valence-electron chi connectivity index (χ2n) is 23.9. The first-order chi connectivity index (χ1) is 41.2. The molecule has 0 aliphatic heterocycles. The largest absolute Gasteiger partial charge is 0.454 e. The fourth-order valence-electron chi connectivity index (χ4n) is 14.6. The predicted octanol–water partition coefficient (Wildman–Crippen LogP) is 22.7. The van der Waals surface area contributed by atoms with Crippen LogP contribution in [-0.4, -0.2) is 0 Å². The summed E-state index contributed by atoms with van der Waals surface area (Å²) in [6.45, 7) is 9.54. The summed E-state index contributed by atoms with van der Waals surface area (Å²) in [7, 11) is 0. The van der Waals surface area contributed by atoms with Crippen molar-refractivity contribution in [3.05, 3.63) is 289 Å². The van der Waals surface area contributed by atoms with Gasteiger partial charge in [0.15, 0.2) is 11.2 Å². The molecule has 0 saturated carbocycles. The second kappa shape index (κ2) is 18.0. The van der Waals surface area contributed by atoms with Crippen molar-refractivity contribution >= 4 is 99.5 Å². The van der Waals surface area contributed by atoms with Gasteiger partial charge in [0.2, 0.25) is 0 Å². The standard InChI is InChI=1S/C80H56N2O2/c1-79(2)67-31-15-11-25-55(67)57-41-37-49(45-69(57)79)75-61-43-39-54(82(52-23-9-6-10-24-52)72-34-20-30-64-60-28-14-18-36-74(60)84-78(64)72)48-66(61)76(50-38-42-58-56-26-12-16-32-68(56)80(3,4)70(58)46-50)62-44-40-53(47-65(62)75)81(51-21-7-5-8-22-51)71-33-19-29-63-59-27-13-17-35-73(59)83-77(63)71/h5-48H,1-4H3. The minimum absolute atomic E-state index is 0.218. The lowest BCUT2D eigenvalue weighted by atomic mass is 9.79. The van der Waals surface area contributed by atoms with E-state index in [4.69, 9.17) is 8.83 Å². The molecular weight excluding hydrogens is 1020 g/mol. The zero-order chi connectivity index (χ0) is 56.0. The van der Waals surface area contributed by atoms with Gasteiger partial charge in [-0.1, -0.05) is 210 Å². The summed E-state index contributed by atoms with van der Waals surface area (Å²) >= 11 is 0. The molecule has 84 heavy (non-hydrogen) atoms. The molecule has 0 spiro atoms. The summed E-state index contributed by atoms with van der Waals surface area (Å²) in [6, 6.07) is 98.1. The van der Waals surface area contributed by atoms with Crippen LogP contribution < -0.4 is 9.80 Å². The third-order valence-electron chi connectivity index (χ3n) is 18.6. The normalized spacial score (nSPS) is 13.7. The molecule has 17 rings (SSSR count). The molecule has 0 bridgehead atoms. The highest BCUT2D eigenvalue weighted by Gasteiger charge is 2.38. The number of furan rings is 2. The predicted molar refractivity (Wildman–Crippen MR) is 351 cm³/mol. The number of hydrogen-bond acceptors (Lipinski definition) is 4. The average Bonchev–Trinajstić information content (AvgIpc) is 1.71. The molecule has 2 aliphatic carbocycles. The quantitative estimate of drug-likeness (QED) is 0.142. The zero-order valence-electron chi connectivity index (χ0n) is 47.1. The Balaban J connectivity index is 0.993. The van der Waals surface area contributed by atoms with E-state index < -0.39 is 0 Å². The maximum atomic E-state index is 6.87. The third-order valence-corrected chi connectivity index (χ3v) is 18.6. The third kappa shape index (κ3) is 7.01. The van der Waals surface area contributed by atoms with Crippen LogP contribution >= 0.6 is 0 Å². The number of benzene rings is 13. The molecule has 2 aliphatic rings. The second-order valence-corrected chi connectivity index (χ2v) is 23.9. The van der Waals surface area contributed by atoms with Crippen molar-refractivity contribution in [2.24, 2.45) is 0 Å². The van der Waals surface area contributed by atoms with E-state index in [1.54, 1.807) is 0 Å². The number of hydrogen-bond donors (Lipinski definition) is 0. The van der Waals surface area contributed by atoms with Crippen LogP contribution in [0.2, 0.25) is 0 Å². The molecule has 0 unspecified atom stereocenters. The Labute approximate surface area is 487 Å². The maximum Gasteiger partial charge on any atom is 0.159 e. The van der Waals surface area contributed by atoms with Crippen LogP contribution in [-0.2, 0) is 10.8 Å². The number of fused-ring (bicyclic) bond motifs is 14. The van der Waals surface area contributed by atoms with Crippen LogP contribution in [0.1, 0.15) is 49.9 Å². The summed E-state index contributed by atoms with van der Waals surface area (Å²) < 4.78 is 13.7. The van der Waals surface area contributed by atoms with E-state index in [9.17, 15) is 0 Å². The van der Waals surface area contributed by atoms with Gasteiger partial charge in [-0.2, -0.15) is 0 Å². The molecule has 0 radical (unpaired) electrons. The van der Waals surface area contributed by atoms with Gasteiger partial charge in [-0.25, -0.2) is 0 Å². The van der Waals surface area contributed by atoms with Gasteiger partial charge in [-0.3, -0.25) is 0 Å². The average molecular weight is 1080 g/mol. The number of anilines is 6. The summed E-state index contributed by atoms with van der Waals surface area (Å²) in [4.78, 5) is 4.77. The topological polar surface area (TPSA) is 32.8 Å². The van der Waals surface area contributed by atoms with E-state index >= 15 is 0 Å². The Morgan fingerprint density at radius 1 is 0.262 bits per heavy atom. The van der Waals surface area contributed by atoms with Gasteiger partial charge in [0.05, 0.1) is 11.4 Å². The first-order valence-electron chi connectivity index (χ1n) is 29.2. The molecule has 2 aromatic heterocycles. The Morgan fingerprint density at radius 2 is 0.643 bits per heavy atom. The molecule has 13 aromatic carbocycles. The number of rotatable bonds is 8.